The number of halogens is 3. The van der Waals surface area contributed by atoms with Gasteiger partial charge in [-0.15, -0.1) is 0 Å². The summed E-state index contributed by atoms with van der Waals surface area (Å²) >= 11 is 0. The van der Waals surface area contributed by atoms with Crippen LogP contribution in [-0.4, -0.2) is 21.2 Å². The Morgan fingerprint density at radius 3 is 2.04 bits per heavy atom. The molecule has 0 radical (unpaired) electrons. The van der Waals surface area contributed by atoms with Crippen molar-refractivity contribution in [1.82, 2.24) is 10.1 Å². The van der Waals surface area contributed by atoms with Gasteiger partial charge in [0.1, 0.15) is 12.4 Å². The minimum atomic E-state index is -4.38. The van der Waals surface area contributed by atoms with Crippen LogP contribution in [-0.2, 0) is 25.6 Å². The molecule has 10 heteroatoms. The van der Waals surface area contributed by atoms with Crippen molar-refractivity contribution in [2.45, 2.75) is 32.0 Å². The van der Waals surface area contributed by atoms with Gasteiger partial charge in [0.2, 0.25) is 0 Å². The van der Waals surface area contributed by atoms with Gasteiger partial charge < -0.3 is 9.84 Å². The van der Waals surface area contributed by atoms with Crippen molar-refractivity contribution in [3.05, 3.63) is 171 Å². The number of aromatic nitrogens is 2. The number of carbonyl (C=O) groups is 1. The fourth-order valence-corrected chi connectivity index (χ4v) is 5.68. The van der Waals surface area contributed by atoms with Crippen LogP contribution in [0.15, 0.2) is 137 Å². The Hall–Kier alpha value is -6.16. The summed E-state index contributed by atoms with van der Waals surface area (Å²) in [5, 5.41) is 13.0. The van der Waals surface area contributed by atoms with Crippen LogP contribution in [0.5, 0.6) is 5.75 Å². The summed E-state index contributed by atoms with van der Waals surface area (Å²) in [6.45, 7) is 0.303. The summed E-state index contributed by atoms with van der Waals surface area (Å²) in [5.74, 6) is -0.396. The maximum Gasteiger partial charge on any atom is 0.439 e. The molecule has 0 aliphatic rings. The van der Waals surface area contributed by atoms with E-state index in [1.807, 2.05) is 84.9 Å². The van der Waals surface area contributed by atoms with Crippen LogP contribution in [0.2, 0.25) is 0 Å². The van der Waals surface area contributed by atoms with Crippen molar-refractivity contribution < 1.29 is 32.3 Å². The minimum Gasteiger partial charge on any atom is -0.488 e. The third kappa shape index (κ3) is 9.30. The Morgan fingerprint density at radius 2 is 1.41 bits per heavy atom. The molecule has 0 bridgehead atoms. The molecular weight excluding hydrogens is 657 g/mol. The molecular formula is C41H33F3N2O5. The average Bonchev–Trinajstić information content (AvgIpc) is 3.58. The molecule has 0 saturated carbocycles. The van der Waals surface area contributed by atoms with E-state index in [2.05, 4.69) is 26.8 Å². The van der Waals surface area contributed by atoms with Crippen LogP contribution in [0.4, 0.5) is 13.2 Å². The molecule has 7 nitrogen and oxygen atoms in total. The third-order valence-electron chi connectivity index (χ3n) is 8.53. The lowest BCUT2D eigenvalue weighted by Crippen LogP contribution is -2.04. The molecule has 6 rings (SSSR count). The molecule has 0 fully saturated rings. The summed E-state index contributed by atoms with van der Waals surface area (Å²) in [4.78, 5) is 25.2. The number of nitrogens with one attached hydrogen (secondary N) is 1. The van der Waals surface area contributed by atoms with Crippen LogP contribution in [0.1, 0.15) is 44.6 Å². The smallest absolute Gasteiger partial charge is 0.439 e. The number of aryl methyl sites for hydroxylation is 1. The zero-order valence-corrected chi connectivity index (χ0v) is 27.3. The normalized spacial score (nSPS) is 12.2. The van der Waals surface area contributed by atoms with Crippen LogP contribution in [0.3, 0.4) is 0 Å². The van der Waals surface area contributed by atoms with Crippen LogP contribution in [0, 0.1) is 5.92 Å². The number of ether oxygens (including phenoxy) is 1. The van der Waals surface area contributed by atoms with E-state index in [1.165, 1.54) is 12.1 Å². The molecule has 1 aromatic heterocycles. The molecule has 0 aliphatic carbocycles. The Labute approximate surface area is 291 Å². The Morgan fingerprint density at radius 1 is 0.804 bits per heavy atom. The van der Waals surface area contributed by atoms with E-state index in [-0.39, 0.29) is 11.5 Å². The van der Waals surface area contributed by atoms with E-state index in [9.17, 15) is 27.9 Å². The van der Waals surface area contributed by atoms with Crippen molar-refractivity contribution >= 4 is 12.0 Å². The second-order valence-electron chi connectivity index (χ2n) is 12.1. The molecule has 0 saturated heterocycles. The van der Waals surface area contributed by atoms with Crippen molar-refractivity contribution in [1.29, 1.82) is 0 Å². The largest absolute Gasteiger partial charge is 0.488 e. The maximum atomic E-state index is 13.0. The van der Waals surface area contributed by atoms with Gasteiger partial charge in [0.25, 0.3) is 0 Å². The Balaban J connectivity index is 1.14. The van der Waals surface area contributed by atoms with Crippen molar-refractivity contribution in [2.75, 3.05) is 0 Å². The number of rotatable bonds is 13. The topological polar surface area (TPSA) is 105 Å². The van der Waals surface area contributed by atoms with Gasteiger partial charge in [-0.25, -0.2) is 9.59 Å². The minimum absolute atomic E-state index is 0.118. The van der Waals surface area contributed by atoms with Gasteiger partial charge in [-0.2, -0.15) is 13.2 Å². The fraction of sp³-hybridized carbons (Fsp3) is 0.146. The highest BCUT2D eigenvalue weighted by Gasteiger charge is 2.30. The van der Waals surface area contributed by atoms with Crippen molar-refractivity contribution in [3.63, 3.8) is 0 Å². The molecule has 1 atom stereocenters. The number of carboxylic acids is 1. The summed E-state index contributed by atoms with van der Waals surface area (Å²) < 4.78 is 49.7. The molecule has 0 amide bonds. The zero-order valence-electron chi connectivity index (χ0n) is 27.3. The van der Waals surface area contributed by atoms with Gasteiger partial charge in [0, 0.05) is 11.1 Å². The van der Waals surface area contributed by atoms with Gasteiger partial charge >= 0.3 is 17.9 Å². The quantitative estimate of drug-likeness (QED) is 0.125. The van der Waals surface area contributed by atoms with Crippen LogP contribution in [0.25, 0.3) is 28.6 Å². The van der Waals surface area contributed by atoms with Crippen molar-refractivity contribution in [2.24, 2.45) is 5.92 Å². The molecule has 1 heterocycles. The number of aromatic amines is 1. The van der Waals surface area contributed by atoms with Gasteiger partial charge in [-0.05, 0) is 83.3 Å². The molecule has 6 aromatic rings. The van der Waals surface area contributed by atoms with Gasteiger partial charge in [0.15, 0.2) is 5.82 Å². The van der Waals surface area contributed by atoms with Gasteiger partial charge in [-0.1, -0.05) is 108 Å². The second-order valence-corrected chi connectivity index (χ2v) is 12.1. The summed E-state index contributed by atoms with van der Waals surface area (Å²) in [7, 11) is 0. The lowest BCUT2D eigenvalue weighted by Gasteiger charge is -2.15. The molecule has 0 aliphatic heterocycles. The number of para-hydroxylation sites is 1. The predicted octanol–water partition coefficient (Wildman–Crippen LogP) is 9.50. The highest BCUT2D eigenvalue weighted by Crippen LogP contribution is 2.31. The summed E-state index contributed by atoms with van der Waals surface area (Å²) in [5.41, 5.74) is 5.74. The molecule has 5 aromatic carbocycles. The first-order valence-electron chi connectivity index (χ1n) is 16.2. The van der Waals surface area contributed by atoms with E-state index in [1.54, 1.807) is 12.1 Å². The highest BCUT2D eigenvalue weighted by molar-refractivity contribution is 5.87. The maximum absolute atomic E-state index is 13.0. The van der Waals surface area contributed by atoms with Crippen LogP contribution >= 0.6 is 0 Å². The highest BCUT2D eigenvalue weighted by atomic mass is 19.4. The van der Waals surface area contributed by atoms with E-state index in [0.29, 0.717) is 23.7 Å². The number of nitrogens with zero attached hydrogens (tertiary/aromatic N) is 1. The lowest BCUT2D eigenvalue weighted by molar-refractivity contribution is -0.137. The van der Waals surface area contributed by atoms with E-state index in [0.717, 1.165) is 64.8 Å². The Kier molecular flexibility index (Phi) is 10.6. The SMILES string of the molecule is O=C(O)c1ccc(CC[C@H](/C=C/c2ccccc2OCc2ccc(-c3ccc(C(F)(F)F)cc3)cc2)Cc2ccc(-c3noc(=O)[nH]3)cc2)cc1. The van der Waals surface area contributed by atoms with E-state index < -0.39 is 23.5 Å². The average molecular weight is 691 g/mol. The first-order chi connectivity index (χ1) is 24.6. The number of hydrogen-bond donors (Lipinski definition) is 2. The van der Waals surface area contributed by atoms with Gasteiger partial charge in [-0.3, -0.25) is 9.51 Å². The lowest BCUT2D eigenvalue weighted by atomic mass is 9.91. The number of alkyl halides is 3. The van der Waals surface area contributed by atoms with Crippen LogP contribution < -0.4 is 10.5 Å². The van der Waals surface area contributed by atoms with Crippen molar-refractivity contribution in [3.8, 4) is 28.3 Å². The number of aromatic carboxylic acids is 1. The molecule has 51 heavy (non-hydrogen) atoms. The van der Waals surface area contributed by atoms with E-state index >= 15 is 0 Å². The first kappa shape index (κ1) is 34.7. The summed E-state index contributed by atoms with van der Waals surface area (Å²) in [6.07, 6.45) is 2.11. The number of benzene rings is 5. The number of hydrogen-bond acceptors (Lipinski definition) is 5. The predicted molar refractivity (Wildman–Crippen MR) is 188 cm³/mol. The summed E-state index contributed by atoms with van der Waals surface area (Å²) in [6, 6.07) is 35.0. The number of allylic oxidation sites excluding steroid dienone is 1. The number of carboxylic acid groups (broad SMARTS) is 1. The van der Waals surface area contributed by atoms with E-state index in [4.69, 9.17) is 4.74 Å². The number of H-pyrrole nitrogens is 1. The molecule has 258 valence electrons. The van der Waals surface area contributed by atoms with Gasteiger partial charge in [0.05, 0.1) is 11.1 Å². The third-order valence-corrected chi connectivity index (χ3v) is 8.53. The first-order valence-corrected chi connectivity index (χ1v) is 16.2. The monoisotopic (exact) mass is 690 g/mol. The molecule has 2 N–H and O–H groups in total. The fourth-order valence-electron chi connectivity index (χ4n) is 5.68. The standard InChI is InChI=1S/C41H33F3N2O5/c42-41(43,44)36-23-21-32(22-24-36)31-14-12-30(13-15-31)26-50-37-4-2-1-3-33(37)16-9-28(6-5-27-7-19-35(20-8-27)39(47)48)25-29-10-17-34(18-11-29)38-45-40(49)51-46-38/h1-4,7-24,28H,5-6,25-26H2,(H,47,48)(H,45,46,49)/b16-9+/t28-/m1/s1. The molecule has 0 unspecified atom stereocenters. The Bertz CT molecular complexity index is 2150. The zero-order chi connectivity index (χ0) is 35.8. The second kappa shape index (κ2) is 15.6. The molecule has 0 spiro atoms.